The highest BCUT2D eigenvalue weighted by Crippen LogP contribution is 2.25. The Morgan fingerprint density at radius 3 is 1.33 bits per heavy atom. The first-order valence-electron chi connectivity index (χ1n) is 8.39. The molecule has 1 aromatic rings. The van der Waals surface area contributed by atoms with Crippen LogP contribution in [0.1, 0.15) is 47.1 Å². The van der Waals surface area contributed by atoms with Crippen molar-refractivity contribution in [2.24, 2.45) is 0 Å². The van der Waals surface area contributed by atoms with Gasteiger partial charge in [0.2, 0.25) is 11.8 Å². The van der Waals surface area contributed by atoms with Crippen LogP contribution >= 0.6 is 0 Å². The van der Waals surface area contributed by atoms with Crippen LogP contribution in [-0.4, -0.2) is 28.3 Å². The van der Waals surface area contributed by atoms with Gasteiger partial charge in [-0.25, -0.2) is 0 Å². The highest BCUT2D eigenvalue weighted by Gasteiger charge is 2.24. The lowest BCUT2D eigenvalue weighted by molar-refractivity contribution is 0.0976. The fourth-order valence-corrected chi connectivity index (χ4v) is 3.80. The second-order valence-corrected chi connectivity index (χ2v) is 19.0. The smallest absolute Gasteiger partial charge is 0.243 e. The van der Waals surface area contributed by atoms with E-state index >= 15 is 0 Å². The lowest BCUT2D eigenvalue weighted by Crippen LogP contribution is -2.46. The SMILES string of the molecule is CC(C)(C)c1cc(C(=O)N[Si](C)(C)C)cc(C(=O)N[Si](C)(C)C)c1. The minimum atomic E-state index is -1.74. The van der Waals surface area contributed by atoms with Gasteiger partial charge in [-0.2, -0.15) is 0 Å². The molecule has 134 valence electrons. The zero-order valence-electron chi connectivity index (χ0n) is 16.5. The molecule has 0 heterocycles. The summed E-state index contributed by atoms with van der Waals surface area (Å²) in [5.74, 6) is -0.190. The lowest BCUT2D eigenvalue weighted by atomic mass is 9.85. The molecule has 0 saturated carbocycles. The van der Waals surface area contributed by atoms with Gasteiger partial charge in [0.25, 0.3) is 0 Å². The van der Waals surface area contributed by atoms with Crippen molar-refractivity contribution in [3.8, 4) is 0 Å². The van der Waals surface area contributed by atoms with Gasteiger partial charge in [0, 0.05) is 11.1 Å². The summed E-state index contributed by atoms with van der Waals surface area (Å²) in [5, 5.41) is 0. The van der Waals surface area contributed by atoms with Gasteiger partial charge in [-0.15, -0.1) is 0 Å². The molecule has 0 aliphatic rings. The molecule has 6 heteroatoms. The molecule has 0 atom stereocenters. The van der Waals surface area contributed by atoms with Crippen molar-refractivity contribution < 1.29 is 9.59 Å². The normalized spacial score (nSPS) is 12.7. The van der Waals surface area contributed by atoms with Gasteiger partial charge < -0.3 is 9.96 Å². The number of benzene rings is 1. The van der Waals surface area contributed by atoms with E-state index in [-0.39, 0.29) is 17.2 Å². The summed E-state index contributed by atoms with van der Waals surface area (Å²) in [4.78, 5) is 31.4. The largest absolute Gasteiger partial charge is 0.378 e. The molecule has 0 aliphatic heterocycles. The van der Waals surface area contributed by atoms with E-state index in [9.17, 15) is 9.59 Å². The minimum absolute atomic E-state index is 0.0951. The molecular weight excluding hydrogens is 332 g/mol. The highest BCUT2D eigenvalue weighted by atomic mass is 28.3. The quantitative estimate of drug-likeness (QED) is 0.790. The Morgan fingerprint density at radius 2 is 1.08 bits per heavy atom. The molecule has 0 aromatic heterocycles. The molecule has 1 aromatic carbocycles. The van der Waals surface area contributed by atoms with Gasteiger partial charge in [0.05, 0.1) is 0 Å². The third-order valence-corrected chi connectivity index (χ3v) is 5.25. The summed E-state index contributed by atoms with van der Waals surface area (Å²) in [7, 11) is -3.48. The van der Waals surface area contributed by atoms with E-state index in [1.165, 1.54) is 0 Å². The van der Waals surface area contributed by atoms with Crippen LogP contribution in [-0.2, 0) is 5.41 Å². The van der Waals surface area contributed by atoms with Crippen LogP contribution in [0, 0.1) is 0 Å². The van der Waals surface area contributed by atoms with Gasteiger partial charge in [-0.3, -0.25) is 9.59 Å². The number of hydrogen-bond donors (Lipinski definition) is 2. The third-order valence-electron chi connectivity index (χ3n) is 3.30. The second-order valence-electron chi connectivity index (χ2n) is 9.46. The molecule has 0 unspecified atom stereocenters. The topological polar surface area (TPSA) is 58.2 Å². The Balaban J connectivity index is 3.33. The minimum Gasteiger partial charge on any atom is -0.378 e. The maximum absolute atomic E-state index is 12.6. The van der Waals surface area contributed by atoms with Gasteiger partial charge in [-0.1, -0.05) is 60.1 Å². The van der Waals surface area contributed by atoms with Crippen molar-refractivity contribution in [1.29, 1.82) is 0 Å². The number of amides is 2. The molecular formula is C18H32N2O2Si2. The van der Waals surface area contributed by atoms with E-state index in [2.05, 4.69) is 70.0 Å². The summed E-state index contributed by atoms with van der Waals surface area (Å²) < 4.78 is 0. The first-order valence-corrected chi connectivity index (χ1v) is 15.4. The average Bonchev–Trinajstić information content (AvgIpc) is 2.33. The number of hydrogen-bond acceptors (Lipinski definition) is 2. The zero-order chi connectivity index (χ0) is 18.9. The Kier molecular flexibility index (Phi) is 5.88. The molecule has 24 heavy (non-hydrogen) atoms. The Morgan fingerprint density at radius 1 is 0.750 bits per heavy atom. The van der Waals surface area contributed by atoms with Gasteiger partial charge in [-0.05, 0) is 29.2 Å². The number of rotatable bonds is 4. The first kappa shape index (κ1) is 20.6. The van der Waals surface area contributed by atoms with Gasteiger partial charge in [0.1, 0.15) is 16.5 Å². The first-order chi connectivity index (χ1) is 10.6. The number of nitrogens with one attached hydrogen (secondary N) is 2. The molecule has 2 N–H and O–H groups in total. The van der Waals surface area contributed by atoms with Crippen molar-refractivity contribution in [3.05, 3.63) is 34.9 Å². The van der Waals surface area contributed by atoms with E-state index in [4.69, 9.17) is 0 Å². The van der Waals surface area contributed by atoms with Crippen molar-refractivity contribution in [2.75, 3.05) is 0 Å². The van der Waals surface area contributed by atoms with E-state index in [1.54, 1.807) is 6.07 Å². The molecule has 2 amide bonds. The molecule has 1 rings (SSSR count). The standard InChI is InChI=1S/C18H32N2O2Si2/c1-18(2,3)15-11-13(16(21)19-23(4,5)6)10-14(12-15)17(22)20-24(7,8)9/h10-12H,1-9H3,(H,19,21)(H,20,22). The molecule has 0 bridgehead atoms. The Bertz CT molecular complexity index is 590. The summed E-state index contributed by atoms with van der Waals surface area (Å²) in [6.07, 6.45) is 0. The van der Waals surface area contributed by atoms with Crippen molar-refractivity contribution in [3.63, 3.8) is 0 Å². The molecule has 0 aliphatic carbocycles. The average molecular weight is 365 g/mol. The predicted octanol–water partition coefficient (Wildman–Crippen LogP) is 4.11. The van der Waals surface area contributed by atoms with Crippen molar-refractivity contribution >= 4 is 28.3 Å². The lowest BCUT2D eigenvalue weighted by Gasteiger charge is -2.24. The van der Waals surface area contributed by atoms with E-state index in [0.717, 1.165) is 5.56 Å². The van der Waals surface area contributed by atoms with Crippen LogP contribution < -0.4 is 9.96 Å². The highest BCUT2D eigenvalue weighted by molar-refractivity contribution is 6.76. The van der Waals surface area contributed by atoms with Crippen LogP contribution in [0.2, 0.25) is 39.3 Å². The summed E-state index contributed by atoms with van der Waals surface area (Å²) >= 11 is 0. The van der Waals surface area contributed by atoms with E-state index in [0.29, 0.717) is 11.1 Å². The van der Waals surface area contributed by atoms with Crippen LogP contribution in [0.25, 0.3) is 0 Å². The van der Waals surface area contributed by atoms with Crippen molar-refractivity contribution in [1.82, 2.24) is 9.96 Å². The van der Waals surface area contributed by atoms with Crippen molar-refractivity contribution in [2.45, 2.75) is 65.5 Å². The monoisotopic (exact) mass is 364 g/mol. The summed E-state index contributed by atoms with van der Waals surface area (Å²) in [6, 6.07) is 5.52. The fourth-order valence-electron chi connectivity index (χ4n) is 2.15. The zero-order valence-corrected chi connectivity index (χ0v) is 18.5. The second kappa shape index (κ2) is 6.84. The van der Waals surface area contributed by atoms with Crippen LogP contribution in [0.3, 0.4) is 0 Å². The number of carbonyl (C=O) groups excluding carboxylic acids is 2. The summed E-state index contributed by atoms with van der Waals surface area (Å²) in [6.45, 7) is 18.7. The van der Waals surface area contributed by atoms with E-state index in [1.807, 2.05) is 12.1 Å². The van der Waals surface area contributed by atoms with E-state index < -0.39 is 16.5 Å². The van der Waals surface area contributed by atoms with Gasteiger partial charge in [0.15, 0.2) is 0 Å². The van der Waals surface area contributed by atoms with Crippen LogP contribution in [0.5, 0.6) is 0 Å². The molecule has 0 radical (unpaired) electrons. The molecule has 0 saturated heterocycles. The predicted molar refractivity (Wildman–Crippen MR) is 107 cm³/mol. The Labute approximate surface area is 148 Å². The van der Waals surface area contributed by atoms with Crippen LogP contribution in [0.4, 0.5) is 0 Å². The van der Waals surface area contributed by atoms with Gasteiger partial charge >= 0.3 is 0 Å². The molecule has 0 fully saturated rings. The maximum Gasteiger partial charge on any atom is 0.243 e. The third kappa shape index (κ3) is 6.61. The molecule has 4 nitrogen and oxygen atoms in total. The number of carbonyl (C=O) groups is 2. The van der Waals surface area contributed by atoms with Crippen LogP contribution in [0.15, 0.2) is 18.2 Å². The maximum atomic E-state index is 12.6. The Hall–Kier alpha value is -1.41. The fraction of sp³-hybridized carbons (Fsp3) is 0.556. The summed E-state index contributed by atoms with van der Waals surface area (Å²) in [5.41, 5.74) is 1.98. The molecule has 0 spiro atoms.